The summed E-state index contributed by atoms with van der Waals surface area (Å²) in [7, 11) is 1.51. The van der Waals surface area contributed by atoms with E-state index in [2.05, 4.69) is 6.92 Å². The molecule has 4 heteroatoms. The normalized spacial score (nSPS) is 14.5. The number of rotatable bonds is 7. The quantitative estimate of drug-likeness (QED) is 0.501. The average Bonchev–Trinajstić information content (AvgIpc) is 2.16. The minimum atomic E-state index is -1.06. The Labute approximate surface area is 84.9 Å². The van der Waals surface area contributed by atoms with Gasteiger partial charge < -0.3 is 10.0 Å². The van der Waals surface area contributed by atoms with Crippen molar-refractivity contribution in [2.45, 2.75) is 45.1 Å². The highest BCUT2D eigenvalue weighted by molar-refractivity contribution is 5.80. The predicted octanol–water partition coefficient (Wildman–Crippen LogP) is 1.50. The molecule has 14 heavy (non-hydrogen) atoms. The summed E-state index contributed by atoms with van der Waals surface area (Å²) in [6.45, 7) is 3.64. The fourth-order valence-electron chi connectivity index (χ4n) is 1.27. The number of hydrogen-bond acceptors (Lipinski definition) is 2. The van der Waals surface area contributed by atoms with Crippen LogP contribution in [-0.4, -0.2) is 35.0 Å². The molecule has 0 saturated carbocycles. The van der Waals surface area contributed by atoms with Gasteiger partial charge in [0.1, 0.15) is 5.54 Å². The number of aliphatic carboxylic acids is 1. The van der Waals surface area contributed by atoms with Crippen molar-refractivity contribution in [2.24, 2.45) is 0 Å². The maximum atomic E-state index is 11.0. The van der Waals surface area contributed by atoms with Crippen LogP contribution >= 0.6 is 0 Å². The molecular weight excluding hydrogens is 182 g/mol. The van der Waals surface area contributed by atoms with Crippen molar-refractivity contribution in [1.29, 1.82) is 0 Å². The van der Waals surface area contributed by atoms with Crippen molar-refractivity contribution in [2.75, 3.05) is 7.05 Å². The predicted molar refractivity (Wildman–Crippen MR) is 54.0 cm³/mol. The lowest BCUT2D eigenvalue weighted by Gasteiger charge is -2.32. The summed E-state index contributed by atoms with van der Waals surface area (Å²) < 4.78 is 0. The van der Waals surface area contributed by atoms with Crippen LogP contribution in [0.5, 0.6) is 0 Å². The van der Waals surface area contributed by atoms with Crippen LogP contribution in [0.25, 0.3) is 0 Å². The molecule has 1 amide bonds. The first-order chi connectivity index (χ1) is 6.49. The molecule has 0 bridgehead atoms. The van der Waals surface area contributed by atoms with Crippen molar-refractivity contribution >= 4 is 12.4 Å². The van der Waals surface area contributed by atoms with E-state index >= 15 is 0 Å². The van der Waals surface area contributed by atoms with Gasteiger partial charge in [0, 0.05) is 7.05 Å². The van der Waals surface area contributed by atoms with E-state index < -0.39 is 11.5 Å². The van der Waals surface area contributed by atoms with E-state index in [1.807, 2.05) is 0 Å². The Bertz CT molecular complexity index is 206. The second-order valence-corrected chi connectivity index (χ2v) is 3.75. The summed E-state index contributed by atoms with van der Waals surface area (Å²) in [6, 6.07) is 0. The Morgan fingerprint density at radius 1 is 1.50 bits per heavy atom. The van der Waals surface area contributed by atoms with Crippen molar-refractivity contribution in [1.82, 2.24) is 4.90 Å². The number of carbonyl (C=O) groups excluding carboxylic acids is 1. The van der Waals surface area contributed by atoms with Gasteiger partial charge in [-0.1, -0.05) is 26.2 Å². The van der Waals surface area contributed by atoms with Crippen LogP contribution in [0.1, 0.15) is 39.5 Å². The van der Waals surface area contributed by atoms with E-state index in [0.717, 1.165) is 19.3 Å². The lowest BCUT2D eigenvalue weighted by Crippen LogP contribution is -2.49. The molecule has 0 aromatic heterocycles. The SMILES string of the molecule is CCCCCC(C)(C(=O)O)N(C)C=O. The Balaban J connectivity index is 4.39. The van der Waals surface area contributed by atoms with E-state index in [9.17, 15) is 9.59 Å². The van der Waals surface area contributed by atoms with E-state index in [0.29, 0.717) is 12.8 Å². The van der Waals surface area contributed by atoms with E-state index in [4.69, 9.17) is 5.11 Å². The number of likely N-dealkylation sites (N-methyl/N-ethyl adjacent to an activating group) is 1. The van der Waals surface area contributed by atoms with Crippen molar-refractivity contribution in [3.05, 3.63) is 0 Å². The first-order valence-corrected chi connectivity index (χ1v) is 4.90. The molecule has 0 heterocycles. The van der Waals surface area contributed by atoms with Crippen LogP contribution in [0.3, 0.4) is 0 Å². The maximum Gasteiger partial charge on any atom is 0.329 e. The number of carboxylic acids is 1. The van der Waals surface area contributed by atoms with E-state index in [-0.39, 0.29) is 0 Å². The molecule has 0 radical (unpaired) electrons. The molecule has 0 fully saturated rings. The van der Waals surface area contributed by atoms with Crippen molar-refractivity contribution in [3.8, 4) is 0 Å². The molecule has 0 aromatic carbocycles. The summed E-state index contributed by atoms with van der Waals surface area (Å²) in [6.07, 6.45) is 3.94. The summed E-state index contributed by atoms with van der Waals surface area (Å²) in [5.74, 6) is -0.941. The van der Waals surface area contributed by atoms with Crippen LogP contribution in [0.2, 0.25) is 0 Å². The van der Waals surface area contributed by atoms with Gasteiger partial charge in [-0.15, -0.1) is 0 Å². The maximum absolute atomic E-state index is 11.0. The number of carboxylic acid groups (broad SMARTS) is 1. The molecule has 82 valence electrons. The van der Waals surface area contributed by atoms with Crippen LogP contribution in [0.15, 0.2) is 0 Å². The monoisotopic (exact) mass is 201 g/mol. The fraction of sp³-hybridized carbons (Fsp3) is 0.800. The van der Waals surface area contributed by atoms with E-state index in [1.165, 1.54) is 11.9 Å². The van der Waals surface area contributed by atoms with Gasteiger partial charge in [-0.25, -0.2) is 4.79 Å². The highest BCUT2D eigenvalue weighted by atomic mass is 16.4. The zero-order chi connectivity index (χ0) is 11.2. The zero-order valence-electron chi connectivity index (χ0n) is 9.12. The standard InChI is InChI=1S/C10H19NO3/c1-4-5-6-7-10(2,9(13)14)11(3)8-12/h8H,4-7H2,1-3H3,(H,13,14). The first kappa shape index (κ1) is 12.9. The minimum Gasteiger partial charge on any atom is -0.480 e. The second-order valence-electron chi connectivity index (χ2n) is 3.75. The fourth-order valence-corrected chi connectivity index (χ4v) is 1.27. The largest absolute Gasteiger partial charge is 0.480 e. The third-order valence-electron chi connectivity index (χ3n) is 2.66. The number of unbranched alkanes of at least 4 members (excludes halogenated alkanes) is 2. The molecule has 0 saturated heterocycles. The van der Waals surface area contributed by atoms with Crippen LogP contribution < -0.4 is 0 Å². The molecule has 0 rings (SSSR count). The zero-order valence-corrected chi connectivity index (χ0v) is 9.12. The summed E-state index contributed by atoms with van der Waals surface area (Å²) in [5, 5.41) is 9.03. The molecule has 0 aliphatic carbocycles. The molecule has 0 aromatic rings. The molecule has 0 aliphatic heterocycles. The number of amides is 1. The molecule has 4 nitrogen and oxygen atoms in total. The second kappa shape index (κ2) is 5.62. The van der Waals surface area contributed by atoms with Gasteiger partial charge in [0.15, 0.2) is 0 Å². The average molecular weight is 201 g/mol. The molecule has 0 spiro atoms. The van der Waals surface area contributed by atoms with Gasteiger partial charge >= 0.3 is 5.97 Å². The molecule has 1 atom stereocenters. The lowest BCUT2D eigenvalue weighted by atomic mass is 9.93. The van der Waals surface area contributed by atoms with Gasteiger partial charge in [0.2, 0.25) is 6.41 Å². The highest BCUT2D eigenvalue weighted by Gasteiger charge is 2.36. The Hall–Kier alpha value is -1.06. The summed E-state index contributed by atoms with van der Waals surface area (Å²) in [4.78, 5) is 22.8. The smallest absolute Gasteiger partial charge is 0.329 e. The van der Waals surface area contributed by atoms with Gasteiger partial charge in [-0.05, 0) is 13.3 Å². The Morgan fingerprint density at radius 3 is 2.43 bits per heavy atom. The Morgan fingerprint density at radius 2 is 2.07 bits per heavy atom. The van der Waals surface area contributed by atoms with Gasteiger partial charge in [0.25, 0.3) is 0 Å². The molecule has 0 aliphatic rings. The van der Waals surface area contributed by atoms with Gasteiger partial charge in [0.05, 0.1) is 0 Å². The van der Waals surface area contributed by atoms with Crippen LogP contribution in [0.4, 0.5) is 0 Å². The van der Waals surface area contributed by atoms with E-state index in [1.54, 1.807) is 6.92 Å². The third-order valence-corrected chi connectivity index (χ3v) is 2.66. The summed E-state index contributed by atoms with van der Waals surface area (Å²) in [5.41, 5.74) is -1.06. The number of hydrogen-bond donors (Lipinski definition) is 1. The van der Waals surface area contributed by atoms with Crippen LogP contribution in [-0.2, 0) is 9.59 Å². The third kappa shape index (κ3) is 3.01. The Kier molecular flexibility index (Phi) is 5.20. The van der Waals surface area contributed by atoms with Crippen molar-refractivity contribution < 1.29 is 14.7 Å². The molecular formula is C10H19NO3. The molecule has 1 unspecified atom stereocenters. The minimum absolute atomic E-state index is 0.505. The van der Waals surface area contributed by atoms with Gasteiger partial charge in [-0.2, -0.15) is 0 Å². The molecule has 1 N–H and O–H groups in total. The van der Waals surface area contributed by atoms with Crippen molar-refractivity contribution in [3.63, 3.8) is 0 Å². The summed E-state index contributed by atoms with van der Waals surface area (Å²) >= 11 is 0. The van der Waals surface area contributed by atoms with Gasteiger partial charge in [-0.3, -0.25) is 4.79 Å². The first-order valence-electron chi connectivity index (χ1n) is 4.90. The number of carbonyl (C=O) groups is 2. The highest BCUT2D eigenvalue weighted by Crippen LogP contribution is 2.20. The lowest BCUT2D eigenvalue weighted by molar-refractivity contribution is -0.153. The number of nitrogens with zero attached hydrogens (tertiary/aromatic N) is 1. The van der Waals surface area contributed by atoms with Crippen LogP contribution in [0, 0.1) is 0 Å². The topological polar surface area (TPSA) is 57.6 Å².